The zero-order valence-corrected chi connectivity index (χ0v) is 19.6. The van der Waals surface area contributed by atoms with Gasteiger partial charge in [-0.1, -0.05) is 84.4 Å². The fourth-order valence-corrected chi connectivity index (χ4v) is 4.54. The fourth-order valence-electron chi connectivity index (χ4n) is 3.47. The third kappa shape index (κ3) is 7.14. The summed E-state index contributed by atoms with van der Waals surface area (Å²) in [6.45, 7) is 0.377. The lowest BCUT2D eigenvalue weighted by molar-refractivity contribution is -0.139. The Balaban J connectivity index is 1.78. The lowest BCUT2D eigenvalue weighted by Crippen LogP contribution is -2.50. The molecule has 0 bridgehead atoms. The van der Waals surface area contributed by atoms with Crippen molar-refractivity contribution in [1.82, 2.24) is 10.2 Å². The van der Waals surface area contributed by atoms with Gasteiger partial charge >= 0.3 is 0 Å². The summed E-state index contributed by atoms with van der Waals surface area (Å²) in [4.78, 5) is 27.9. The van der Waals surface area contributed by atoms with Crippen molar-refractivity contribution >= 4 is 35.2 Å². The van der Waals surface area contributed by atoms with E-state index in [4.69, 9.17) is 11.6 Å². The quantitative estimate of drug-likeness (QED) is 0.459. The van der Waals surface area contributed by atoms with Crippen molar-refractivity contribution < 1.29 is 9.59 Å². The molecule has 1 N–H and O–H groups in total. The number of halogens is 1. The third-order valence-electron chi connectivity index (χ3n) is 5.10. The van der Waals surface area contributed by atoms with E-state index in [-0.39, 0.29) is 17.6 Å². The molecular formula is C26H27ClN2O2S. The highest BCUT2D eigenvalue weighted by atomic mass is 35.5. The summed E-state index contributed by atoms with van der Waals surface area (Å²) in [7, 11) is 1.61. The molecule has 3 aromatic rings. The molecule has 0 heterocycles. The number of nitrogens with one attached hydrogen (secondary N) is 1. The molecule has 0 unspecified atom stereocenters. The molecule has 0 aromatic heterocycles. The van der Waals surface area contributed by atoms with Gasteiger partial charge in [0.1, 0.15) is 6.04 Å². The smallest absolute Gasteiger partial charge is 0.242 e. The Morgan fingerprint density at radius 2 is 1.53 bits per heavy atom. The van der Waals surface area contributed by atoms with Crippen molar-refractivity contribution in [3.63, 3.8) is 0 Å². The van der Waals surface area contributed by atoms with Gasteiger partial charge in [-0.15, -0.1) is 11.8 Å². The minimum absolute atomic E-state index is 0.0644. The third-order valence-corrected chi connectivity index (χ3v) is 6.32. The van der Waals surface area contributed by atoms with Gasteiger partial charge < -0.3 is 10.2 Å². The molecule has 32 heavy (non-hydrogen) atoms. The summed E-state index contributed by atoms with van der Waals surface area (Å²) >= 11 is 7.59. The van der Waals surface area contributed by atoms with Crippen molar-refractivity contribution in [1.29, 1.82) is 0 Å². The molecule has 2 amide bonds. The highest BCUT2D eigenvalue weighted by Gasteiger charge is 2.29. The summed E-state index contributed by atoms with van der Waals surface area (Å²) in [6.07, 6.45) is 0.456. The van der Waals surface area contributed by atoms with E-state index < -0.39 is 6.04 Å². The highest BCUT2D eigenvalue weighted by Crippen LogP contribution is 2.20. The largest absolute Gasteiger partial charge is 0.357 e. The van der Waals surface area contributed by atoms with Crippen molar-refractivity contribution in [3.8, 4) is 0 Å². The number of likely N-dealkylation sites (N-methyl/N-ethyl adjacent to an activating group) is 1. The van der Waals surface area contributed by atoms with Gasteiger partial charge in [-0.25, -0.2) is 0 Å². The minimum Gasteiger partial charge on any atom is -0.357 e. The number of hydrogen-bond acceptors (Lipinski definition) is 3. The van der Waals surface area contributed by atoms with E-state index in [0.29, 0.717) is 23.7 Å². The molecule has 3 aromatic carbocycles. The summed E-state index contributed by atoms with van der Waals surface area (Å²) in [5.41, 5.74) is 3.07. The molecule has 0 saturated heterocycles. The predicted octanol–water partition coefficient (Wildman–Crippen LogP) is 4.96. The standard InChI is InChI=1S/C26H27ClN2O2S/c1-28-26(31)24(16-20-9-4-2-5-10-20)29(17-21-11-6-3-7-12-21)25(30)19-32-18-22-13-8-14-23(27)15-22/h2-15,24H,16-19H2,1H3,(H,28,31)/t24-/m0/s1. The first-order valence-corrected chi connectivity index (χ1v) is 12.0. The zero-order chi connectivity index (χ0) is 22.8. The van der Waals surface area contributed by atoms with E-state index in [1.807, 2.05) is 84.9 Å². The van der Waals surface area contributed by atoms with Crippen LogP contribution >= 0.6 is 23.4 Å². The molecule has 3 rings (SSSR count). The first kappa shape index (κ1) is 23.9. The van der Waals surface area contributed by atoms with Gasteiger partial charge in [-0.3, -0.25) is 9.59 Å². The fraction of sp³-hybridized carbons (Fsp3) is 0.231. The molecule has 0 aliphatic carbocycles. The SMILES string of the molecule is CNC(=O)[C@H](Cc1ccccc1)N(Cc1ccccc1)C(=O)CSCc1cccc(Cl)c1. The van der Waals surface area contributed by atoms with E-state index in [9.17, 15) is 9.59 Å². The van der Waals surface area contributed by atoms with E-state index in [2.05, 4.69) is 5.32 Å². The molecule has 0 aliphatic rings. The van der Waals surface area contributed by atoms with Crippen LogP contribution in [0, 0.1) is 0 Å². The Kier molecular flexibility index (Phi) is 9.20. The number of thioether (sulfide) groups is 1. The lowest BCUT2D eigenvalue weighted by Gasteiger charge is -2.31. The van der Waals surface area contributed by atoms with Crippen molar-refractivity contribution in [2.24, 2.45) is 0 Å². The summed E-state index contributed by atoms with van der Waals surface area (Å²) in [6, 6.07) is 26.6. The Morgan fingerprint density at radius 3 is 2.16 bits per heavy atom. The van der Waals surface area contributed by atoms with Crippen LogP contribution in [-0.4, -0.2) is 35.6 Å². The van der Waals surface area contributed by atoms with Crippen molar-refractivity contribution in [2.45, 2.75) is 24.8 Å². The number of hydrogen-bond donors (Lipinski definition) is 1. The summed E-state index contributed by atoms with van der Waals surface area (Å²) in [5.74, 6) is 0.722. The van der Waals surface area contributed by atoms with E-state index in [1.165, 1.54) is 11.8 Å². The molecule has 0 fully saturated rings. The monoisotopic (exact) mass is 466 g/mol. The normalized spacial score (nSPS) is 11.6. The minimum atomic E-state index is -0.595. The van der Waals surface area contributed by atoms with E-state index in [0.717, 1.165) is 16.7 Å². The van der Waals surface area contributed by atoms with Gasteiger partial charge in [0, 0.05) is 30.8 Å². The molecule has 4 nitrogen and oxygen atoms in total. The van der Waals surface area contributed by atoms with E-state index in [1.54, 1.807) is 11.9 Å². The average molecular weight is 467 g/mol. The topological polar surface area (TPSA) is 49.4 Å². The second kappa shape index (κ2) is 12.3. The Bertz CT molecular complexity index is 1010. The Morgan fingerprint density at radius 1 is 0.906 bits per heavy atom. The number of rotatable bonds is 10. The molecule has 1 atom stereocenters. The first-order chi connectivity index (χ1) is 15.6. The molecular weight excluding hydrogens is 440 g/mol. The van der Waals surface area contributed by atoms with Crippen LogP contribution in [0.2, 0.25) is 5.02 Å². The van der Waals surface area contributed by atoms with Crippen molar-refractivity contribution in [2.75, 3.05) is 12.8 Å². The maximum Gasteiger partial charge on any atom is 0.242 e. The van der Waals surface area contributed by atoms with Gasteiger partial charge in [-0.2, -0.15) is 0 Å². The van der Waals surface area contributed by atoms with Crippen LogP contribution < -0.4 is 5.32 Å². The maximum atomic E-state index is 13.4. The molecule has 0 saturated carbocycles. The van der Waals surface area contributed by atoms with E-state index >= 15 is 0 Å². The summed E-state index contributed by atoms with van der Waals surface area (Å²) in [5, 5.41) is 3.42. The average Bonchev–Trinajstić information content (AvgIpc) is 2.82. The first-order valence-electron chi connectivity index (χ1n) is 10.5. The number of carbonyl (C=O) groups is 2. The number of amides is 2. The molecule has 166 valence electrons. The second-order valence-electron chi connectivity index (χ2n) is 7.45. The van der Waals surface area contributed by atoms with Crippen LogP contribution in [0.3, 0.4) is 0 Å². The maximum absolute atomic E-state index is 13.4. The van der Waals surface area contributed by atoms with Crippen LogP contribution in [0.15, 0.2) is 84.9 Å². The van der Waals surface area contributed by atoms with Gasteiger partial charge in [0.05, 0.1) is 5.75 Å². The molecule has 0 aliphatic heterocycles. The Hall–Kier alpha value is -2.76. The molecule has 0 radical (unpaired) electrons. The predicted molar refractivity (Wildman–Crippen MR) is 133 cm³/mol. The number of benzene rings is 3. The van der Waals surface area contributed by atoms with Gasteiger partial charge in [0.25, 0.3) is 0 Å². The molecule has 6 heteroatoms. The van der Waals surface area contributed by atoms with Crippen LogP contribution in [-0.2, 0) is 28.3 Å². The zero-order valence-electron chi connectivity index (χ0n) is 18.0. The van der Waals surface area contributed by atoms with Crippen LogP contribution in [0.4, 0.5) is 0 Å². The highest BCUT2D eigenvalue weighted by molar-refractivity contribution is 7.99. The second-order valence-corrected chi connectivity index (χ2v) is 8.87. The van der Waals surface area contributed by atoms with Crippen LogP contribution in [0.25, 0.3) is 0 Å². The summed E-state index contributed by atoms with van der Waals surface area (Å²) < 4.78 is 0. The lowest BCUT2D eigenvalue weighted by atomic mass is 10.0. The van der Waals surface area contributed by atoms with Crippen LogP contribution in [0.1, 0.15) is 16.7 Å². The van der Waals surface area contributed by atoms with Crippen LogP contribution in [0.5, 0.6) is 0 Å². The van der Waals surface area contributed by atoms with Crippen molar-refractivity contribution in [3.05, 3.63) is 107 Å². The number of nitrogens with zero attached hydrogens (tertiary/aromatic N) is 1. The van der Waals surface area contributed by atoms with Gasteiger partial charge in [0.2, 0.25) is 11.8 Å². The van der Waals surface area contributed by atoms with Gasteiger partial charge in [-0.05, 0) is 28.8 Å². The van der Waals surface area contributed by atoms with Gasteiger partial charge in [0.15, 0.2) is 0 Å². The molecule has 0 spiro atoms. The number of carbonyl (C=O) groups excluding carboxylic acids is 2. The Labute approximate surface area is 199 Å².